The van der Waals surface area contributed by atoms with Crippen LogP contribution in [-0.4, -0.2) is 18.1 Å². The van der Waals surface area contributed by atoms with Gasteiger partial charge in [-0.15, -0.1) is 11.3 Å². The van der Waals surface area contributed by atoms with Crippen molar-refractivity contribution in [3.8, 4) is 0 Å². The van der Waals surface area contributed by atoms with E-state index in [2.05, 4.69) is 29.0 Å². The molecule has 108 valence electrons. The molecule has 0 aliphatic heterocycles. The van der Waals surface area contributed by atoms with Crippen LogP contribution in [0.5, 0.6) is 0 Å². The Labute approximate surface area is 127 Å². The van der Waals surface area contributed by atoms with E-state index >= 15 is 0 Å². The van der Waals surface area contributed by atoms with Gasteiger partial charge in [0.2, 0.25) is 0 Å². The van der Waals surface area contributed by atoms with E-state index in [1.54, 1.807) is 23.5 Å². The van der Waals surface area contributed by atoms with E-state index in [4.69, 9.17) is 11.6 Å². The average molecular weight is 314 g/mol. The zero-order valence-electron chi connectivity index (χ0n) is 11.5. The van der Waals surface area contributed by atoms with Crippen molar-refractivity contribution in [1.82, 2.24) is 4.98 Å². The van der Waals surface area contributed by atoms with Crippen LogP contribution in [0.4, 0.5) is 15.2 Å². The summed E-state index contributed by atoms with van der Waals surface area (Å²) in [6, 6.07) is 4.62. The summed E-state index contributed by atoms with van der Waals surface area (Å²) >= 11 is 7.41. The fourth-order valence-corrected chi connectivity index (χ4v) is 2.97. The SMILES string of the molecule is CCN(CC)c1ncc(CNc2ccc(F)c(Cl)c2)s1. The number of nitrogens with zero attached hydrogens (tertiary/aromatic N) is 2. The normalized spacial score (nSPS) is 10.6. The first-order valence-corrected chi connectivity index (χ1v) is 7.72. The van der Waals surface area contributed by atoms with E-state index in [1.165, 1.54) is 6.07 Å². The summed E-state index contributed by atoms with van der Waals surface area (Å²) < 4.78 is 13.1. The number of aromatic nitrogens is 1. The van der Waals surface area contributed by atoms with E-state index in [0.29, 0.717) is 6.54 Å². The summed E-state index contributed by atoms with van der Waals surface area (Å²) in [6.45, 7) is 6.78. The van der Waals surface area contributed by atoms with Crippen LogP contribution in [0.3, 0.4) is 0 Å². The Morgan fingerprint density at radius 2 is 2.10 bits per heavy atom. The first-order chi connectivity index (χ1) is 9.63. The van der Waals surface area contributed by atoms with Gasteiger partial charge < -0.3 is 10.2 Å². The van der Waals surface area contributed by atoms with Crippen molar-refractivity contribution >= 4 is 33.8 Å². The van der Waals surface area contributed by atoms with Gasteiger partial charge in [0.05, 0.1) is 11.6 Å². The van der Waals surface area contributed by atoms with E-state index in [0.717, 1.165) is 28.8 Å². The monoisotopic (exact) mass is 313 g/mol. The van der Waals surface area contributed by atoms with Gasteiger partial charge in [0, 0.05) is 29.9 Å². The number of hydrogen-bond acceptors (Lipinski definition) is 4. The Balaban J connectivity index is 1.98. The van der Waals surface area contributed by atoms with Crippen LogP contribution in [0.15, 0.2) is 24.4 Å². The maximum Gasteiger partial charge on any atom is 0.185 e. The molecule has 0 spiro atoms. The summed E-state index contributed by atoms with van der Waals surface area (Å²) in [5, 5.41) is 4.38. The summed E-state index contributed by atoms with van der Waals surface area (Å²) in [6.07, 6.45) is 1.87. The molecular weight excluding hydrogens is 297 g/mol. The maximum absolute atomic E-state index is 13.1. The molecule has 0 aliphatic carbocycles. The highest BCUT2D eigenvalue weighted by molar-refractivity contribution is 7.15. The lowest BCUT2D eigenvalue weighted by atomic mass is 10.3. The van der Waals surface area contributed by atoms with Gasteiger partial charge in [-0.25, -0.2) is 9.37 Å². The molecule has 6 heteroatoms. The molecule has 0 radical (unpaired) electrons. The molecule has 1 aromatic heterocycles. The number of nitrogens with one attached hydrogen (secondary N) is 1. The lowest BCUT2D eigenvalue weighted by Gasteiger charge is -2.16. The molecule has 0 saturated carbocycles. The van der Waals surface area contributed by atoms with E-state index in [9.17, 15) is 4.39 Å². The minimum Gasteiger partial charge on any atom is -0.380 e. The molecule has 1 N–H and O–H groups in total. The Morgan fingerprint density at radius 1 is 1.35 bits per heavy atom. The Hall–Kier alpha value is -1.33. The molecule has 0 amide bonds. The summed E-state index contributed by atoms with van der Waals surface area (Å²) in [5.74, 6) is -0.404. The second-order valence-electron chi connectivity index (χ2n) is 4.26. The summed E-state index contributed by atoms with van der Waals surface area (Å²) in [7, 11) is 0. The smallest absolute Gasteiger partial charge is 0.185 e. The molecule has 0 unspecified atom stereocenters. The molecule has 3 nitrogen and oxygen atoms in total. The van der Waals surface area contributed by atoms with E-state index in [-0.39, 0.29) is 5.02 Å². The number of anilines is 2. The van der Waals surface area contributed by atoms with Crippen molar-refractivity contribution < 1.29 is 4.39 Å². The fourth-order valence-electron chi connectivity index (χ4n) is 1.81. The first kappa shape index (κ1) is 15.1. The second kappa shape index (κ2) is 6.90. The van der Waals surface area contributed by atoms with Gasteiger partial charge in [0.1, 0.15) is 5.82 Å². The topological polar surface area (TPSA) is 28.2 Å². The molecule has 20 heavy (non-hydrogen) atoms. The van der Waals surface area contributed by atoms with Gasteiger partial charge >= 0.3 is 0 Å². The van der Waals surface area contributed by atoms with Gasteiger partial charge in [-0.2, -0.15) is 0 Å². The third kappa shape index (κ3) is 3.61. The number of thiazole rings is 1. The van der Waals surface area contributed by atoms with Crippen molar-refractivity contribution in [1.29, 1.82) is 0 Å². The van der Waals surface area contributed by atoms with Crippen molar-refractivity contribution in [2.45, 2.75) is 20.4 Å². The molecular formula is C14H17ClFN3S. The van der Waals surface area contributed by atoms with Crippen molar-refractivity contribution in [2.24, 2.45) is 0 Å². The number of hydrogen-bond donors (Lipinski definition) is 1. The van der Waals surface area contributed by atoms with Crippen LogP contribution in [0.25, 0.3) is 0 Å². The standard InChI is InChI=1S/C14H17ClFN3S/c1-3-19(4-2)14-18-9-11(20-14)8-17-10-5-6-13(16)12(15)7-10/h5-7,9,17H,3-4,8H2,1-2H3. The summed E-state index contributed by atoms with van der Waals surface area (Å²) in [5.41, 5.74) is 0.800. The summed E-state index contributed by atoms with van der Waals surface area (Å²) in [4.78, 5) is 7.76. The van der Waals surface area contributed by atoms with Gasteiger partial charge in [0.25, 0.3) is 0 Å². The van der Waals surface area contributed by atoms with Crippen LogP contribution in [0.1, 0.15) is 18.7 Å². The minimum absolute atomic E-state index is 0.128. The molecule has 0 saturated heterocycles. The van der Waals surface area contributed by atoms with Crippen molar-refractivity contribution in [3.05, 3.63) is 40.1 Å². The van der Waals surface area contributed by atoms with Gasteiger partial charge in [0.15, 0.2) is 5.13 Å². The first-order valence-electron chi connectivity index (χ1n) is 6.52. The Bertz CT molecular complexity index is 569. The van der Waals surface area contributed by atoms with E-state index < -0.39 is 5.82 Å². The fraction of sp³-hybridized carbons (Fsp3) is 0.357. The van der Waals surface area contributed by atoms with Crippen molar-refractivity contribution in [3.63, 3.8) is 0 Å². The molecule has 0 aliphatic rings. The van der Waals surface area contributed by atoms with Crippen LogP contribution in [-0.2, 0) is 6.54 Å². The molecule has 0 atom stereocenters. The minimum atomic E-state index is -0.404. The van der Waals surface area contributed by atoms with Crippen LogP contribution >= 0.6 is 22.9 Å². The van der Waals surface area contributed by atoms with Crippen LogP contribution < -0.4 is 10.2 Å². The Kier molecular flexibility index (Phi) is 5.20. The van der Waals surface area contributed by atoms with Gasteiger partial charge in [-0.05, 0) is 32.0 Å². The zero-order chi connectivity index (χ0) is 14.5. The lowest BCUT2D eigenvalue weighted by Crippen LogP contribution is -2.21. The largest absolute Gasteiger partial charge is 0.380 e. The number of halogens is 2. The molecule has 1 heterocycles. The van der Waals surface area contributed by atoms with Gasteiger partial charge in [-0.3, -0.25) is 0 Å². The third-order valence-corrected chi connectivity index (χ3v) is 4.31. The molecule has 2 rings (SSSR count). The predicted molar refractivity (Wildman–Crippen MR) is 84.4 cm³/mol. The average Bonchev–Trinajstić information content (AvgIpc) is 2.90. The number of rotatable bonds is 6. The zero-order valence-corrected chi connectivity index (χ0v) is 13.1. The molecule has 0 fully saturated rings. The van der Waals surface area contributed by atoms with Gasteiger partial charge in [-0.1, -0.05) is 11.6 Å². The molecule has 1 aromatic carbocycles. The predicted octanol–water partition coefficient (Wildman–Crippen LogP) is 4.39. The second-order valence-corrected chi connectivity index (χ2v) is 5.76. The highest BCUT2D eigenvalue weighted by Gasteiger charge is 2.08. The molecule has 2 aromatic rings. The Morgan fingerprint density at radius 3 is 2.75 bits per heavy atom. The van der Waals surface area contributed by atoms with Crippen LogP contribution in [0, 0.1) is 5.82 Å². The van der Waals surface area contributed by atoms with Crippen LogP contribution in [0.2, 0.25) is 5.02 Å². The number of benzene rings is 1. The lowest BCUT2D eigenvalue weighted by molar-refractivity contribution is 0.628. The molecule has 0 bridgehead atoms. The highest BCUT2D eigenvalue weighted by atomic mass is 35.5. The quantitative estimate of drug-likeness (QED) is 0.857. The third-order valence-electron chi connectivity index (χ3n) is 2.96. The highest BCUT2D eigenvalue weighted by Crippen LogP contribution is 2.24. The van der Waals surface area contributed by atoms with E-state index in [1.807, 2.05) is 6.20 Å². The maximum atomic E-state index is 13.1. The van der Waals surface area contributed by atoms with Crippen molar-refractivity contribution in [2.75, 3.05) is 23.3 Å².